The first-order valence-corrected chi connectivity index (χ1v) is 14.0. The summed E-state index contributed by atoms with van der Waals surface area (Å²) in [4.78, 5) is 38.4. The first-order valence-electron chi connectivity index (χ1n) is 14.0. The number of pyridine rings is 2. The van der Waals surface area contributed by atoms with E-state index in [-0.39, 0.29) is 22.7 Å². The van der Waals surface area contributed by atoms with E-state index in [4.69, 9.17) is 9.47 Å². The van der Waals surface area contributed by atoms with Crippen molar-refractivity contribution in [3.8, 4) is 28.3 Å². The molecule has 11 nitrogen and oxygen atoms in total. The third-order valence-corrected chi connectivity index (χ3v) is 6.67. The molecule has 4 heterocycles. The Morgan fingerprint density at radius 2 is 1.67 bits per heavy atom. The topological polar surface area (TPSA) is 122 Å². The van der Waals surface area contributed by atoms with Gasteiger partial charge in [0.15, 0.2) is 17.3 Å². The first kappa shape index (κ1) is 29.9. The molecule has 0 saturated carbocycles. The number of rotatable bonds is 6. The number of amides is 1. The van der Waals surface area contributed by atoms with Crippen LogP contribution in [0.25, 0.3) is 22.3 Å². The van der Waals surface area contributed by atoms with Crippen molar-refractivity contribution in [1.82, 2.24) is 24.0 Å². The van der Waals surface area contributed by atoms with Gasteiger partial charge in [0.2, 0.25) is 0 Å². The Hall–Kier alpha value is -6.11. The Bertz CT molecular complexity index is 2160. The number of aromatic nitrogens is 5. The largest absolute Gasteiger partial charge is 0.452 e. The molecule has 6 rings (SSSR count). The molecule has 0 aliphatic carbocycles. The van der Waals surface area contributed by atoms with Crippen molar-refractivity contribution >= 4 is 23.2 Å². The monoisotopic (exact) mass is 624 g/mol. The number of hydrogen-bond acceptors (Lipinski definition) is 7. The van der Waals surface area contributed by atoms with Gasteiger partial charge in [-0.3, -0.25) is 14.2 Å². The van der Waals surface area contributed by atoms with E-state index in [0.717, 1.165) is 10.7 Å². The number of ether oxygens (including phenoxy) is 2. The maximum Gasteiger partial charge on any atom is 0.435 e. The highest BCUT2D eigenvalue weighted by Gasteiger charge is 2.20. The summed E-state index contributed by atoms with van der Waals surface area (Å²) in [5.41, 5.74) is 0.628. The van der Waals surface area contributed by atoms with Gasteiger partial charge in [-0.05, 0) is 81.4 Å². The van der Waals surface area contributed by atoms with Crippen LogP contribution in [0, 0.1) is 11.6 Å². The zero-order valence-electron chi connectivity index (χ0n) is 24.8. The summed E-state index contributed by atoms with van der Waals surface area (Å²) in [5, 5.41) is 10.9. The molecule has 0 aliphatic heterocycles. The highest BCUT2D eigenvalue weighted by atomic mass is 19.1. The van der Waals surface area contributed by atoms with E-state index in [1.807, 2.05) is 0 Å². The van der Waals surface area contributed by atoms with E-state index in [0.29, 0.717) is 22.3 Å². The molecule has 0 atom stereocenters. The van der Waals surface area contributed by atoms with Gasteiger partial charge in [-0.25, -0.2) is 18.1 Å². The molecule has 0 radical (unpaired) electrons. The second kappa shape index (κ2) is 11.8. The van der Waals surface area contributed by atoms with Gasteiger partial charge in [0.1, 0.15) is 22.5 Å². The molecule has 0 bridgehead atoms. The quantitative estimate of drug-likeness (QED) is 0.226. The minimum absolute atomic E-state index is 0.0873. The summed E-state index contributed by atoms with van der Waals surface area (Å²) < 4.78 is 43.8. The molecule has 46 heavy (non-hydrogen) atoms. The molecule has 1 N–H and O–H groups in total. The minimum atomic E-state index is -0.782. The Morgan fingerprint density at radius 1 is 0.891 bits per heavy atom. The number of fused-ring (bicyclic) bond motifs is 1. The molecule has 1 amide bonds. The van der Waals surface area contributed by atoms with Crippen LogP contribution in [0.2, 0.25) is 0 Å². The van der Waals surface area contributed by atoms with Crippen molar-refractivity contribution in [2.45, 2.75) is 26.4 Å². The van der Waals surface area contributed by atoms with Gasteiger partial charge in [-0.2, -0.15) is 14.9 Å². The molecular formula is C33H26F2N6O5. The molecule has 0 saturated heterocycles. The molecule has 4 aromatic heterocycles. The Labute approximate surface area is 260 Å². The Balaban J connectivity index is 1.22. The fourth-order valence-corrected chi connectivity index (χ4v) is 4.57. The third-order valence-electron chi connectivity index (χ3n) is 6.67. The molecule has 0 unspecified atom stereocenters. The van der Waals surface area contributed by atoms with Gasteiger partial charge in [0.25, 0.3) is 11.5 Å². The van der Waals surface area contributed by atoms with Crippen LogP contribution in [0.5, 0.6) is 11.5 Å². The summed E-state index contributed by atoms with van der Waals surface area (Å²) in [5.74, 6) is -1.87. The fourth-order valence-electron chi connectivity index (χ4n) is 4.57. The van der Waals surface area contributed by atoms with Gasteiger partial charge >= 0.3 is 6.09 Å². The summed E-state index contributed by atoms with van der Waals surface area (Å²) in [6.07, 6.45) is 7.06. The fraction of sp³-hybridized carbons (Fsp3) is 0.121. The normalized spacial score (nSPS) is 11.4. The maximum atomic E-state index is 15.3. The smallest absolute Gasteiger partial charge is 0.435 e. The van der Waals surface area contributed by atoms with Crippen molar-refractivity contribution in [3.63, 3.8) is 0 Å². The lowest BCUT2D eigenvalue weighted by atomic mass is 10.1. The average Bonchev–Trinajstić information content (AvgIpc) is 3.69. The zero-order chi connectivity index (χ0) is 32.6. The van der Waals surface area contributed by atoms with E-state index in [1.54, 1.807) is 49.8 Å². The molecular weight excluding hydrogens is 598 g/mol. The summed E-state index contributed by atoms with van der Waals surface area (Å²) >= 11 is 0. The van der Waals surface area contributed by atoms with E-state index >= 15 is 4.39 Å². The van der Waals surface area contributed by atoms with E-state index in [2.05, 4.69) is 15.5 Å². The van der Waals surface area contributed by atoms with Crippen LogP contribution in [0.3, 0.4) is 0 Å². The van der Waals surface area contributed by atoms with Crippen molar-refractivity contribution in [1.29, 1.82) is 0 Å². The lowest BCUT2D eigenvalue weighted by Gasteiger charge is -2.18. The molecule has 13 heteroatoms. The number of benzene rings is 2. The molecule has 0 fully saturated rings. The average molecular weight is 625 g/mol. The van der Waals surface area contributed by atoms with E-state index in [9.17, 15) is 18.8 Å². The van der Waals surface area contributed by atoms with Crippen molar-refractivity contribution in [2.75, 3.05) is 5.32 Å². The van der Waals surface area contributed by atoms with Gasteiger partial charge in [0.05, 0.1) is 12.4 Å². The van der Waals surface area contributed by atoms with Crippen LogP contribution < -0.4 is 15.6 Å². The number of nitrogens with one attached hydrogen (secondary N) is 1. The Morgan fingerprint density at radius 3 is 2.41 bits per heavy atom. The zero-order valence-corrected chi connectivity index (χ0v) is 24.8. The predicted octanol–water partition coefficient (Wildman–Crippen LogP) is 6.45. The first-order chi connectivity index (χ1) is 21.9. The second-order valence-electron chi connectivity index (χ2n) is 11.2. The molecule has 0 aliphatic rings. The summed E-state index contributed by atoms with van der Waals surface area (Å²) in [6, 6.07) is 15.3. The van der Waals surface area contributed by atoms with Gasteiger partial charge in [-0.15, -0.1) is 0 Å². The van der Waals surface area contributed by atoms with Gasteiger partial charge < -0.3 is 14.8 Å². The molecule has 232 valence electrons. The van der Waals surface area contributed by atoms with Gasteiger partial charge in [0, 0.05) is 47.2 Å². The predicted molar refractivity (Wildman–Crippen MR) is 164 cm³/mol. The summed E-state index contributed by atoms with van der Waals surface area (Å²) in [7, 11) is 0. The van der Waals surface area contributed by atoms with Crippen molar-refractivity contribution in [3.05, 3.63) is 125 Å². The van der Waals surface area contributed by atoms with Crippen LogP contribution in [-0.4, -0.2) is 41.6 Å². The van der Waals surface area contributed by atoms with Crippen molar-refractivity contribution in [2.24, 2.45) is 0 Å². The van der Waals surface area contributed by atoms with Crippen LogP contribution >= 0.6 is 0 Å². The second-order valence-corrected chi connectivity index (χ2v) is 11.2. The highest BCUT2D eigenvalue weighted by molar-refractivity contribution is 6.04. The third kappa shape index (κ3) is 6.24. The number of anilines is 1. The number of nitrogens with zero attached hydrogens (tertiary/aromatic N) is 5. The minimum Gasteiger partial charge on any atom is -0.452 e. The van der Waals surface area contributed by atoms with Crippen LogP contribution in [0.1, 0.15) is 31.1 Å². The molecule has 0 spiro atoms. The number of carbonyl (C=O) groups is 2. The van der Waals surface area contributed by atoms with Crippen LogP contribution in [0.15, 0.2) is 103 Å². The number of hydrogen-bond donors (Lipinski definition) is 1. The van der Waals surface area contributed by atoms with Crippen LogP contribution in [-0.2, 0) is 4.74 Å². The number of halogens is 2. The van der Waals surface area contributed by atoms with Gasteiger partial charge in [-0.1, -0.05) is 0 Å². The SMILES string of the molecule is CC(C)(C)OC(=O)n1cc(-c2cc(Oc3ccc(NC(=O)c4cccn(-c5ccc(F)cc5)c4=O)cc3F)c3ccnn3c2)cn1. The molecule has 2 aromatic carbocycles. The van der Waals surface area contributed by atoms with E-state index < -0.39 is 34.8 Å². The maximum absolute atomic E-state index is 15.3. The van der Waals surface area contributed by atoms with Crippen molar-refractivity contribution < 1.29 is 27.8 Å². The standard InChI is InChI=1S/C33H26F2N6O5/c1-33(2,3)46-32(44)41-19-21(17-37-41)20-15-29(27-12-13-36-40(27)18-20)45-28-11-8-23(16-26(28)35)38-30(42)25-5-4-14-39(31(25)43)24-9-6-22(34)7-10-24/h4-19H,1-3H3,(H,38,42). The lowest BCUT2D eigenvalue weighted by Crippen LogP contribution is -2.27. The Kier molecular flexibility index (Phi) is 7.66. The van der Waals surface area contributed by atoms with Crippen LogP contribution in [0.4, 0.5) is 19.3 Å². The number of carbonyl (C=O) groups excluding carboxylic acids is 2. The summed E-state index contributed by atoms with van der Waals surface area (Å²) in [6.45, 7) is 5.25. The van der Waals surface area contributed by atoms with E-state index in [1.165, 1.54) is 71.7 Å². The molecule has 6 aromatic rings. The lowest BCUT2D eigenvalue weighted by molar-refractivity contribution is 0.0514. The highest BCUT2D eigenvalue weighted by Crippen LogP contribution is 2.33.